The van der Waals surface area contributed by atoms with Gasteiger partial charge in [-0.2, -0.15) is 0 Å². The molecule has 2 N–H and O–H groups in total. The minimum Gasteiger partial charge on any atom is -0.481 e. The first kappa shape index (κ1) is 19.6. The average Bonchev–Trinajstić information content (AvgIpc) is 3.14. The summed E-state index contributed by atoms with van der Waals surface area (Å²) in [7, 11) is 1.44. The summed E-state index contributed by atoms with van der Waals surface area (Å²) in [6, 6.07) is 16.7. The lowest BCUT2D eigenvalue weighted by atomic mass is 10.1. The number of furan rings is 1. The van der Waals surface area contributed by atoms with Gasteiger partial charge in [-0.1, -0.05) is 30.3 Å². The zero-order valence-electron chi connectivity index (χ0n) is 15.4. The Morgan fingerprint density at radius 1 is 1.14 bits per heavy atom. The Bertz CT molecular complexity index is 914. The first-order valence-corrected chi connectivity index (χ1v) is 8.76. The van der Waals surface area contributed by atoms with E-state index in [4.69, 9.17) is 19.0 Å². The molecule has 0 saturated carbocycles. The molecule has 0 spiro atoms. The fourth-order valence-electron chi connectivity index (χ4n) is 2.77. The lowest BCUT2D eigenvalue weighted by Gasteiger charge is -2.16. The van der Waals surface area contributed by atoms with Crippen LogP contribution in [0.2, 0.25) is 0 Å². The maximum Gasteiger partial charge on any atom is 0.306 e. The molecular weight excluding hydrogens is 362 g/mol. The largest absolute Gasteiger partial charge is 0.481 e. The lowest BCUT2D eigenvalue weighted by Crippen LogP contribution is -2.35. The van der Waals surface area contributed by atoms with E-state index in [-0.39, 0.29) is 25.7 Å². The highest BCUT2D eigenvalue weighted by Crippen LogP contribution is 2.27. The van der Waals surface area contributed by atoms with Crippen LogP contribution in [0.25, 0.3) is 22.3 Å². The average molecular weight is 383 g/mol. The predicted octanol–water partition coefficient (Wildman–Crippen LogP) is 3.29. The quantitative estimate of drug-likeness (QED) is 0.550. The van der Waals surface area contributed by atoms with Crippen molar-refractivity contribution >= 4 is 22.8 Å². The first-order valence-electron chi connectivity index (χ1n) is 8.76. The van der Waals surface area contributed by atoms with Crippen LogP contribution in [0.1, 0.15) is 16.8 Å². The number of ether oxygens (including phenoxy) is 2. The van der Waals surface area contributed by atoms with Gasteiger partial charge < -0.3 is 24.3 Å². The number of methoxy groups -OCH3 is 1. The van der Waals surface area contributed by atoms with Crippen LogP contribution in [0.3, 0.4) is 0 Å². The molecule has 3 aromatic rings. The second-order valence-corrected chi connectivity index (χ2v) is 6.23. The summed E-state index contributed by atoms with van der Waals surface area (Å²) in [5.41, 5.74) is 2.13. The molecule has 1 amide bonds. The molecule has 0 fully saturated rings. The number of amides is 1. The van der Waals surface area contributed by atoms with Crippen molar-refractivity contribution in [2.75, 3.05) is 20.4 Å². The lowest BCUT2D eigenvalue weighted by molar-refractivity contribution is -0.143. The monoisotopic (exact) mass is 383 g/mol. The van der Waals surface area contributed by atoms with Gasteiger partial charge in [0.1, 0.15) is 18.1 Å². The van der Waals surface area contributed by atoms with Gasteiger partial charge in [0.15, 0.2) is 0 Å². The van der Waals surface area contributed by atoms with Gasteiger partial charge in [0, 0.05) is 30.2 Å². The third-order valence-electron chi connectivity index (χ3n) is 4.17. The van der Waals surface area contributed by atoms with Crippen molar-refractivity contribution in [3.63, 3.8) is 0 Å². The Labute approximate surface area is 161 Å². The van der Waals surface area contributed by atoms with Crippen molar-refractivity contribution in [3.05, 3.63) is 60.2 Å². The molecule has 0 aliphatic carbocycles. The number of fused-ring (bicyclic) bond motifs is 1. The first-order chi connectivity index (χ1) is 13.6. The number of para-hydroxylation sites is 1. The highest BCUT2D eigenvalue weighted by atomic mass is 16.7. The highest BCUT2D eigenvalue weighted by molar-refractivity contribution is 5.94. The molecule has 7 heteroatoms. The molecule has 7 nitrogen and oxygen atoms in total. The Kier molecular flexibility index (Phi) is 6.41. The minimum atomic E-state index is -1.01. The summed E-state index contributed by atoms with van der Waals surface area (Å²) in [5.74, 6) is -0.597. The number of carbonyl (C=O) groups excluding carboxylic acids is 1. The second-order valence-electron chi connectivity index (χ2n) is 6.23. The molecule has 146 valence electrons. The molecule has 1 heterocycles. The molecule has 1 atom stereocenters. The second kappa shape index (κ2) is 9.16. The van der Waals surface area contributed by atoms with Crippen LogP contribution in [0, 0.1) is 0 Å². The summed E-state index contributed by atoms with van der Waals surface area (Å²) in [5, 5.41) is 12.6. The number of benzene rings is 2. The van der Waals surface area contributed by atoms with Crippen molar-refractivity contribution in [1.82, 2.24) is 5.32 Å². The summed E-state index contributed by atoms with van der Waals surface area (Å²) in [6.45, 7) is 0.0276. The summed E-state index contributed by atoms with van der Waals surface area (Å²) < 4.78 is 15.9. The normalized spacial score (nSPS) is 12.0. The number of hydrogen-bond donors (Lipinski definition) is 2. The Hall–Kier alpha value is -3.16. The van der Waals surface area contributed by atoms with Crippen molar-refractivity contribution < 1.29 is 28.6 Å². The van der Waals surface area contributed by atoms with E-state index in [1.807, 2.05) is 42.5 Å². The third-order valence-corrected chi connectivity index (χ3v) is 4.17. The van der Waals surface area contributed by atoms with E-state index in [1.165, 1.54) is 7.11 Å². The van der Waals surface area contributed by atoms with E-state index in [2.05, 4.69) is 5.32 Å². The van der Waals surface area contributed by atoms with Gasteiger partial charge >= 0.3 is 5.97 Å². The maximum absolute atomic E-state index is 12.3. The van der Waals surface area contributed by atoms with E-state index in [9.17, 15) is 9.59 Å². The van der Waals surface area contributed by atoms with Crippen LogP contribution < -0.4 is 5.32 Å². The molecule has 28 heavy (non-hydrogen) atoms. The molecule has 3 rings (SSSR count). The van der Waals surface area contributed by atoms with Crippen LogP contribution in [0.5, 0.6) is 0 Å². The van der Waals surface area contributed by atoms with Crippen molar-refractivity contribution in [2.24, 2.45) is 0 Å². The zero-order chi connectivity index (χ0) is 19.9. The van der Waals surface area contributed by atoms with Crippen LogP contribution in [0.15, 0.2) is 59.0 Å². The Morgan fingerprint density at radius 2 is 1.89 bits per heavy atom. The van der Waals surface area contributed by atoms with Crippen molar-refractivity contribution in [3.8, 4) is 11.3 Å². The predicted molar refractivity (Wildman–Crippen MR) is 103 cm³/mol. The molecule has 0 bridgehead atoms. The van der Waals surface area contributed by atoms with Gasteiger partial charge in [-0.15, -0.1) is 0 Å². The fraction of sp³-hybridized carbons (Fsp3) is 0.238. The molecule has 1 aromatic heterocycles. The fourth-order valence-corrected chi connectivity index (χ4v) is 2.77. The van der Waals surface area contributed by atoms with E-state index in [0.29, 0.717) is 5.56 Å². The van der Waals surface area contributed by atoms with Crippen LogP contribution >= 0.6 is 0 Å². The highest BCUT2D eigenvalue weighted by Gasteiger charge is 2.16. The van der Waals surface area contributed by atoms with Crippen LogP contribution in [-0.4, -0.2) is 43.5 Å². The van der Waals surface area contributed by atoms with Crippen molar-refractivity contribution in [2.45, 2.75) is 12.5 Å². The minimum absolute atomic E-state index is 0.0417. The summed E-state index contributed by atoms with van der Waals surface area (Å²) in [4.78, 5) is 23.2. The summed E-state index contributed by atoms with van der Waals surface area (Å²) >= 11 is 0. The smallest absolute Gasteiger partial charge is 0.306 e. The topological polar surface area (TPSA) is 98.0 Å². The number of rotatable bonds is 9. The third kappa shape index (κ3) is 4.97. The Morgan fingerprint density at radius 3 is 2.57 bits per heavy atom. The van der Waals surface area contributed by atoms with Gasteiger partial charge in [-0.25, -0.2) is 0 Å². The van der Waals surface area contributed by atoms with E-state index < -0.39 is 12.1 Å². The molecule has 0 radical (unpaired) electrons. The number of nitrogens with one attached hydrogen (secondary N) is 1. The molecule has 2 aromatic carbocycles. The van der Waals surface area contributed by atoms with Gasteiger partial charge in [0.2, 0.25) is 0 Å². The van der Waals surface area contributed by atoms with E-state index in [1.54, 1.807) is 12.1 Å². The molecule has 0 unspecified atom stereocenters. The number of carboxylic acids is 1. The van der Waals surface area contributed by atoms with Gasteiger partial charge in [0.25, 0.3) is 5.91 Å². The molecule has 0 aliphatic heterocycles. The van der Waals surface area contributed by atoms with Gasteiger partial charge in [0.05, 0.1) is 12.5 Å². The van der Waals surface area contributed by atoms with E-state index in [0.717, 1.165) is 22.3 Å². The van der Waals surface area contributed by atoms with Crippen LogP contribution in [-0.2, 0) is 14.3 Å². The number of carbonyl (C=O) groups is 2. The maximum atomic E-state index is 12.3. The Balaban J connectivity index is 1.63. The molecule has 0 aliphatic rings. The number of aliphatic carboxylic acids is 1. The van der Waals surface area contributed by atoms with Gasteiger partial charge in [-0.3, -0.25) is 9.59 Å². The van der Waals surface area contributed by atoms with E-state index >= 15 is 0 Å². The molecular formula is C21H21NO6. The number of carboxylic acid groups (broad SMARTS) is 1. The molecule has 0 saturated heterocycles. The van der Waals surface area contributed by atoms with Gasteiger partial charge in [-0.05, 0) is 24.3 Å². The van der Waals surface area contributed by atoms with Crippen molar-refractivity contribution in [1.29, 1.82) is 0 Å². The standard InChI is InChI=1S/C21H21NO6/c1-26-13-27-17(11-20(23)24)12-22-21(25)15-8-6-14(7-9-15)19-10-16-4-2-3-5-18(16)28-19/h2-10,17H,11-13H2,1H3,(H,22,25)(H,23,24)/t17-/m0/s1. The zero-order valence-corrected chi connectivity index (χ0v) is 15.4. The SMILES string of the molecule is COCO[C@H](CNC(=O)c1ccc(-c2cc3ccccc3o2)cc1)CC(=O)O. The summed E-state index contributed by atoms with van der Waals surface area (Å²) in [6.07, 6.45) is -0.898. The number of hydrogen-bond acceptors (Lipinski definition) is 5. The van der Waals surface area contributed by atoms with Crippen LogP contribution in [0.4, 0.5) is 0 Å².